The van der Waals surface area contributed by atoms with Gasteiger partial charge in [0.1, 0.15) is 0 Å². The Balaban J connectivity index is 1.45. The van der Waals surface area contributed by atoms with Crippen LogP contribution in [-0.2, 0) is 4.79 Å². The number of carbonyl (C=O) groups excluding carboxylic acids is 1. The number of halogens is 1. The second kappa shape index (κ2) is 8.31. The molecule has 2 aromatic rings. The summed E-state index contributed by atoms with van der Waals surface area (Å²) in [6.45, 7) is 3.35. The van der Waals surface area contributed by atoms with E-state index >= 15 is 0 Å². The Kier molecular flexibility index (Phi) is 5.88. The minimum Gasteiger partial charge on any atom is -0.309 e. The van der Waals surface area contributed by atoms with Crippen molar-refractivity contribution in [2.75, 3.05) is 25.0 Å². The van der Waals surface area contributed by atoms with Gasteiger partial charge in [-0.05, 0) is 56.6 Å². The predicted molar refractivity (Wildman–Crippen MR) is 97.2 cm³/mol. The SMILES string of the molecule is O=C(CCCN1CCCCC1)Nc1cc(-c2ccc(Cl)cc2)[nH]n1. The number of carbonyl (C=O) groups is 1. The van der Waals surface area contributed by atoms with E-state index in [1.807, 2.05) is 30.3 Å². The highest BCUT2D eigenvalue weighted by Crippen LogP contribution is 2.21. The van der Waals surface area contributed by atoms with E-state index < -0.39 is 0 Å². The molecule has 3 rings (SSSR count). The molecule has 2 N–H and O–H groups in total. The summed E-state index contributed by atoms with van der Waals surface area (Å²) >= 11 is 5.89. The smallest absolute Gasteiger partial charge is 0.225 e. The van der Waals surface area contributed by atoms with Crippen molar-refractivity contribution in [3.63, 3.8) is 0 Å². The van der Waals surface area contributed by atoms with Gasteiger partial charge in [0.2, 0.25) is 5.91 Å². The molecule has 1 amide bonds. The molecule has 128 valence electrons. The first-order valence-electron chi connectivity index (χ1n) is 8.54. The summed E-state index contributed by atoms with van der Waals surface area (Å²) in [5, 5.41) is 10.6. The summed E-state index contributed by atoms with van der Waals surface area (Å²) in [7, 11) is 0. The molecule has 1 fully saturated rings. The van der Waals surface area contributed by atoms with Crippen molar-refractivity contribution in [2.24, 2.45) is 0 Å². The van der Waals surface area contributed by atoms with Gasteiger partial charge in [0.05, 0.1) is 5.69 Å². The highest BCUT2D eigenvalue weighted by molar-refractivity contribution is 6.30. The zero-order valence-electron chi connectivity index (χ0n) is 13.7. The highest BCUT2D eigenvalue weighted by Gasteiger charge is 2.11. The summed E-state index contributed by atoms with van der Waals surface area (Å²) in [4.78, 5) is 14.5. The number of benzene rings is 1. The number of piperidine rings is 1. The number of rotatable bonds is 6. The van der Waals surface area contributed by atoms with Gasteiger partial charge in [-0.15, -0.1) is 0 Å². The maximum absolute atomic E-state index is 12.0. The molecular formula is C18H23ClN4O. The second-order valence-electron chi connectivity index (χ2n) is 6.23. The fourth-order valence-corrected chi connectivity index (χ4v) is 3.14. The molecule has 1 aromatic carbocycles. The molecule has 24 heavy (non-hydrogen) atoms. The molecule has 1 aromatic heterocycles. The Bertz CT molecular complexity index is 662. The van der Waals surface area contributed by atoms with Crippen molar-refractivity contribution >= 4 is 23.3 Å². The Morgan fingerprint density at radius 3 is 2.71 bits per heavy atom. The number of nitrogens with one attached hydrogen (secondary N) is 2. The number of nitrogens with zero attached hydrogens (tertiary/aromatic N) is 2. The van der Waals surface area contributed by atoms with Gasteiger partial charge >= 0.3 is 0 Å². The fraction of sp³-hybridized carbons (Fsp3) is 0.444. The molecule has 1 aliphatic rings. The first kappa shape index (κ1) is 17.0. The molecule has 0 atom stereocenters. The number of H-pyrrole nitrogens is 1. The highest BCUT2D eigenvalue weighted by atomic mass is 35.5. The lowest BCUT2D eigenvalue weighted by molar-refractivity contribution is -0.116. The molecule has 0 radical (unpaired) electrons. The number of anilines is 1. The monoisotopic (exact) mass is 346 g/mol. The maximum atomic E-state index is 12.0. The molecule has 1 aliphatic heterocycles. The van der Waals surface area contributed by atoms with Gasteiger partial charge in [0.15, 0.2) is 5.82 Å². The van der Waals surface area contributed by atoms with Gasteiger partial charge in [0.25, 0.3) is 0 Å². The summed E-state index contributed by atoms with van der Waals surface area (Å²) < 4.78 is 0. The van der Waals surface area contributed by atoms with Crippen LogP contribution in [0.25, 0.3) is 11.3 Å². The topological polar surface area (TPSA) is 61.0 Å². The average molecular weight is 347 g/mol. The Morgan fingerprint density at radius 1 is 1.21 bits per heavy atom. The first-order chi connectivity index (χ1) is 11.7. The number of hydrogen-bond acceptors (Lipinski definition) is 3. The van der Waals surface area contributed by atoms with Crippen molar-refractivity contribution in [3.8, 4) is 11.3 Å². The van der Waals surface area contributed by atoms with Crippen molar-refractivity contribution in [1.29, 1.82) is 0 Å². The predicted octanol–water partition coefficient (Wildman–Crippen LogP) is 3.93. The zero-order chi connectivity index (χ0) is 16.8. The molecule has 0 unspecified atom stereocenters. The van der Waals surface area contributed by atoms with Crippen LogP contribution in [0, 0.1) is 0 Å². The molecule has 0 spiro atoms. The standard InChI is InChI=1S/C18H23ClN4O/c19-15-8-6-14(7-9-15)16-13-17(22-21-16)20-18(24)5-4-12-23-10-2-1-3-11-23/h6-9,13H,1-5,10-12H2,(H2,20,21,22,24). The third-order valence-corrected chi connectivity index (χ3v) is 4.58. The minimum atomic E-state index is 0.0150. The van der Waals surface area contributed by atoms with Crippen LogP contribution in [-0.4, -0.2) is 40.6 Å². The van der Waals surface area contributed by atoms with Crippen LogP contribution in [0.5, 0.6) is 0 Å². The Morgan fingerprint density at radius 2 is 1.96 bits per heavy atom. The molecule has 2 heterocycles. The molecule has 6 heteroatoms. The number of amides is 1. The molecule has 5 nitrogen and oxygen atoms in total. The van der Waals surface area contributed by atoms with Crippen LogP contribution in [0.15, 0.2) is 30.3 Å². The maximum Gasteiger partial charge on any atom is 0.225 e. The van der Waals surface area contributed by atoms with E-state index in [2.05, 4.69) is 20.4 Å². The largest absolute Gasteiger partial charge is 0.309 e. The van der Waals surface area contributed by atoms with Gasteiger partial charge in [-0.2, -0.15) is 5.10 Å². The quantitative estimate of drug-likeness (QED) is 0.833. The van der Waals surface area contributed by atoms with E-state index in [0.29, 0.717) is 17.3 Å². The normalized spacial score (nSPS) is 15.4. The van der Waals surface area contributed by atoms with Crippen LogP contribution < -0.4 is 5.32 Å². The van der Waals surface area contributed by atoms with Crippen LogP contribution in [0.1, 0.15) is 32.1 Å². The molecule has 0 saturated carbocycles. The Hall–Kier alpha value is -1.85. The zero-order valence-corrected chi connectivity index (χ0v) is 14.5. The number of aromatic nitrogens is 2. The lowest BCUT2D eigenvalue weighted by atomic mass is 10.1. The summed E-state index contributed by atoms with van der Waals surface area (Å²) in [6, 6.07) is 9.33. The van der Waals surface area contributed by atoms with E-state index in [-0.39, 0.29) is 5.91 Å². The van der Waals surface area contributed by atoms with E-state index in [0.717, 1.165) is 24.2 Å². The van der Waals surface area contributed by atoms with Crippen LogP contribution in [0.2, 0.25) is 5.02 Å². The van der Waals surface area contributed by atoms with Crippen molar-refractivity contribution in [1.82, 2.24) is 15.1 Å². The first-order valence-corrected chi connectivity index (χ1v) is 8.92. The van der Waals surface area contributed by atoms with Crippen molar-refractivity contribution < 1.29 is 4.79 Å². The van der Waals surface area contributed by atoms with Gasteiger partial charge in [-0.3, -0.25) is 9.89 Å². The molecule has 0 bridgehead atoms. The Labute approximate surface area is 147 Å². The average Bonchev–Trinajstić information content (AvgIpc) is 3.05. The third-order valence-electron chi connectivity index (χ3n) is 4.33. The molecule has 0 aliphatic carbocycles. The molecular weight excluding hydrogens is 324 g/mol. The summed E-state index contributed by atoms with van der Waals surface area (Å²) in [6.07, 6.45) is 5.33. The van der Waals surface area contributed by atoms with Crippen LogP contribution >= 0.6 is 11.6 Å². The van der Waals surface area contributed by atoms with Gasteiger partial charge < -0.3 is 10.2 Å². The van der Waals surface area contributed by atoms with Gasteiger partial charge in [0, 0.05) is 17.5 Å². The van der Waals surface area contributed by atoms with E-state index in [1.165, 1.54) is 32.4 Å². The third kappa shape index (κ3) is 4.82. The van der Waals surface area contributed by atoms with E-state index in [1.54, 1.807) is 0 Å². The second-order valence-corrected chi connectivity index (χ2v) is 6.66. The number of aromatic amines is 1. The molecule has 1 saturated heterocycles. The number of likely N-dealkylation sites (tertiary alicyclic amines) is 1. The lowest BCUT2D eigenvalue weighted by Gasteiger charge is -2.26. The van der Waals surface area contributed by atoms with Crippen LogP contribution in [0.3, 0.4) is 0 Å². The van der Waals surface area contributed by atoms with Gasteiger partial charge in [-0.25, -0.2) is 0 Å². The van der Waals surface area contributed by atoms with Gasteiger partial charge in [-0.1, -0.05) is 30.2 Å². The lowest BCUT2D eigenvalue weighted by Crippen LogP contribution is -2.31. The van der Waals surface area contributed by atoms with Crippen molar-refractivity contribution in [2.45, 2.75) is 32.1 Å². The summed E-state index contributed by atoms with van der Waals surface area (Å²) in [5.41, 5.74) is 1.84. The fourth-order valence-electron chi connectivity index (χ4n) is 3.01. The van der Waals surface area contributed by atoms with E-state index in [4.69, 9.17) is 11.6 Å². The minimum absolute atomic E-state index is 0.0150. The summed E-state index contributed by atoms with van der Waals surface area (Å²) in [5.74, 6) is 0.573. The van der Waals surface area contributed by atoms with E-state index in [9.17, 15) is 4.79 Å². The number of hydrogen-bond donors (Lipinski definition) is 2. The van der Waals surface area contributed by atoms with Crippen LogP contribution in [0.4, 0.5) is 5.82 Å². The van der Waals surface area contributed by atoms with Crippen molar-refractivity contribution in [3.05, 3.63) is 35.4 Å².